The van der Waals surface area contributed by atoms with Crippen molar-refractivity contribution in [3.05, 3.63) is 94.3 Å². The smallest absolute Gasteiger partial charge is 0.132 e. The Labute approximate surface area is 212 Å². The molecule has 0 amide bonds. The molecule has 0 saturated heterocycles. The fraction of sp³-hybridized carbons (Fsp3) is 0.379. The van der Waals surface area contributed by atoms with Crippen LogP contribution in [0.25, 0.3) is 0 Å². The molecule has 2 unspecified atom stereocenters. The first-order valence-electron chi connectivity index (χ1n) is 12.2. The molecule has 0 spiro atoms. The summed E-state index contributed by atoms with van der Waals surface area (Å²) in [5.74, 6) is 0.540. The predicted octanol–water partition coefficient (Wildman–Crippen LogP) is 7.71. The van der Waals surface area contributed by atoms with E-state index in [-0.39, 0.29) is 18.0 Å². The Kier molecular flexibility index (Phi) is 8.32. The predicted molar refractivity (Wildman–Crippen MR) is 139 cm³/mol. The average Bonchev–Trinajstić information content (AvgIpc) is 2.83. The summed E-state index contributed by atoms with van der Waals surface area (Å²) in [5.41, 5.74) is 3.03. The maximum atomic E-state index is 13.6. The molecule has 6 heteroatoms. The van der Waals surface area contributed by atoms with Crippen LogP contribution in [0.15, 0.2) is 66.7 Å². The van der Waals surface area contributed by atoms with Crippen molar-refractivity contribution in [1.29, 1.82) is 0 Å². The summed E-state index contributed by atoms with van der Waals surface area (Å²) in [5, 5.41) is 4.07. The van der Waals surface area contributed by atoms with Crippen molar-refractivity contribution in [2.75, 3.05) is 11.9 Å². The monoisotopic (exact) mass is 497 g/mol. The SMILES string of the molecule is CCCCOC1c2cc(NCc3cccc(F)c3)ccc2OC(C)(C)C1OCc1ccccc1Cl. The van der Waals surface area contributed by atoms with Crippen LogP contribution in [0.1, 0.15) is 56.4 Å². The molecule has 0 fully saturated rings. The first kappa shape index (κ1) is 25.5. The number of fused-ring (bicyclic) bond motifs is 1. The topological polar surface area (TPSA) is 39.7 Å². The molecule has 3 aromatic rings. The van der Waals surface area contributed by atoms with E-state index < -0.39 is 5.60 Å². The number of anilines is 1. The molecule has 2 atom stereocenters. The summed E-state index contributed by atoms with van der Waals surface area (Å²) in [6, 6.07) is 20.3. The number of benzene rings is 3. The molecule has 4 nitrogen and oxygen atoms in total. The highest BCUT2D eigenvalue weighted by atomic mass is 35.5. The first-order chi connectivity index (χ1) is 16.9. The third-order valence-corrected chi connectivity index (χ3v) is 6.58. The maximum absolute atomic E-state index is 13.6. The lowest BCUT2D eigenvalue weighted by atomic mass is 9.87. The van der Waals surface area contributed by atoms with E-state index in [0.717, 1.165) is 41.0 Å². The minimum absolute atomic E-state index is 0.242. The Balaban J connectivity index is 1.58. The quantitative estimate of drug-likeness (QED) is 0.291. The number of nitrogens with one attached hydrogen (secondary N) is 1. The molecule has 0 radical (unpaired) electrons. The van der Waals surface area contributed by atoms with Crippen LogP contribution >= 0.6 is 11.6 Å². The second-order valence-corrected chi connectivity index (χ2v) is 9.82. The highest BCUT2D eigenvalue weighted by Gasteiger charge is 2.45. The molecule has 186 valence electrons. The van der Waals surface area contributed by atoms with Gasteiger partial charge in [0.15, 0.2) is 0 Å². The van der Waals surface area contributed by atoms with E-state index in [0.29, 0.717) is 24.8 Å². The van der Waals surface area contributed by atoms with Crippen molar-refractivity contribution in [3.63, 3.8) is 0 Å². The van der Waals surface area contributed by atoms with Gasteiger partial charge in [0.25, 0.3) is 0 Å². The van der Waals surface area contributed by atoms with Crippen LogP contribution in [0.2, 0.25) is 5.02 Å². The molecule has 0 aliphatic carbocycles. The van der Waals surface area contributed by atoms with E-state index in [2.05, 4.69) is 12.2 Å². The molecule has 1 aliphatic rings. The highest BCUT2D eigenvalue weighted by molar-refractivity contribution is 6.31. The van der Waals surface area contributed by atoms with Gasteiger partial charge in [-0.3, -0.25) is 0 Å². The van der Waals surface area contributed by atoms with Crippen molar-refractivity contribution < 1.29 is 18.6 Å². The standard InChI is InChI=1S/C29H33ClFNO3/c1-4-5-15-33-27-24-17-23(32-18-20-9-8-11-22(31)16-20)13-14-26(24)35-29(2,3)28(27)34-19-21-10-6-7-12-25(21)30/h6-14,16-17,27-28,32H,4-5,15,18-19H2,1-3H3. The van der Waals surface area contributed by atoms with Gasteiger partial charge in [0, 0.05) is 29.4 Å². The lowest BCUT2D eigenvalue weighted by molar-refractivity contribution is -0.167. The van der Waals surface area contributed by atoms with Crippen molar-refractivity contribution in [2.24, 2.45) is 0 Å². The molecule has 0 aromatic heterocycles. The molecular weight excluding hydrogens is 465 g/mol. The molecule has 0 bridgehead atoms. The Bertz CT molecular complexity index is 1140. The van der Waals surface area contributed by atoms with Crippen LogP contribution < -0.4 is 10.1 Å². The van der Waals surface area contributed by atoms with E-state index >= 15 is 0 Å². The number of unbranched alkanes of at least 4 members (excludes halogenated alkanes) is 1. The minimum atomic E-state index is -0.609. The van der Waals surface area contributed by atoms with Gasteiger partial charge in [0.05, 0.1) is 6.61 Å². The summed E-state index contributed by atoms with van der Waals surface area (Å²) in [4.78, 5) is 0. The molecule has 4 rings (SSSR count). The molecule has 0 saturated carbocycles. The zero-order valence-corrected chi connectivity index (χ0v) is 21.3. The van der Waals surface area contributed by atoms with Crippen molar-refractivity contribution >= 4 is 17.3 Å². The lowest BCUT2D eigenvalue weighted by Gasteiger charge is -2.44. The number of hydrogen-bond donors (Lipinski definition) is 1. The van der Waals surface area contributed by atoms with Crippen LogP contribution in [0, 0.1) is 5.82 Å². The molecule has 3 aromatic carbocycles. The van der Waals surface area contributed by atoms with E-state index in [1.807, 2.05) is 62.4 Å². The third kappa shape index (κ3) is 6.35. The van der Waals surface area contributed by atoms with Crippen LogP contribution in [0.5, 0.6) is 5.75 Å². The summed E-state index contributed by atoms with van der Waals surface area (Å²) in [6.07, 6.45) is 1.35. The van der Waals surface area contributed by atoms with Gasteiger partial charge in [-0.1, -0.05) is 55.3 Å². The number of ether oxygens (including phenoxy) is 3. The zero-order chi connectivity index (χ0) is 24.8. The first-order valence-corrected chi connectivity index (χ1v) is 12.5. The maximum Gasteiger partial charge on any atom is 0.132 e. The van der Waals surface area contributed by atoms with Crippen LogP contribution in [-0.2, 0) is 22.6 Å². The largest absolute Gasteiger partial charge is 0.485 e. The van der Waals surface area contributed by atoms with Crippen molar-refractivity contribution in [2.45, 2.75) is 64.6 Å². The van der Waals surface area contributed by atoms with Gasteiger partial charge in [-0.05, 0) is 67.8 Å². The Morgan fingerprint density at radius 1 is 1.03 bits per heavy atom. The third-order valence-electron chi connectivity index (χ3n) is 6.21. The zero-order valence-electron chi connectivity index (χ0n) is 20.5. The molecule has 1 heterocycles. The summed E-state index contributed by atoms with van der Waals surface area (Å²) >= 11 is 6.37. The van der Waals surface area contributed by atoms with Gasteiger partial charge in [-0.15, -0.1) is 0 Å². The van der Waals surface area contributed by atoms with Gasteiger partial charge < -0.3 is 19.5 Å². The average molecular weight is 498 g/mol. The summed E-state index contributed by atoms with van der Waals surface area (Å²) in [6.45, 7) is 7.70. The van der Waals surface area contributed by atoms with Gasteiger partial charge >= 0.3 is 0 Å². The van der Waals surface area contributed by atoms with Crippen molar-refractivity contribution in [1.82, 2.24) is 0 Å². The minimum Gasteiger partial charge on any atom is -0.485 e. The molecule has 1 aliphatic heterocycles. The van der Waals surface area contributed by atoms with Gasteiger partial charge in [-0.2, -0.15) is 0 Å². The highest BCUT2D eigenvalue weighted by Crippen LogP contribution is 2.45. The molecule has 35 heavy (non-hydrogen) atoms. The second kappa shape index (κ2) is 11.4. The van der Waals surface area contributed by atoms with E-state index in [9.17, 15) is 4.39 Å². The Morgan fingerprint density at radius 3 is 2.63 bits per heavy atom. The Morgan fingerprint density at radius 2 is 1.86 bits per heavy atom. The van der Waals surface area contributed by atoms with E-state index in [1.54, 1.807) is 6.07 Å². The number of halogens is 2. The fourth-order valence-electron chi connectivity index (χ4n) is 4.31. The summed E-state index contributed by atoms with van der Waals surface area (Å²) in [7, 11) is 0. The molecule has 1 N–H and O–H groups in total. The van der Waals surface area contributed by atoms with Crippen molar-refractivity contribution in [3.8, 4) is 5.75 Å². The van der Waals surface area contributed by atoms with Crippen LogP contribution in [-0.4, -0.2) is 18.3 Å². The van der Waals surface area contributed by atoms with E-state index in [1.165, 1.54) is 12.1 Å². The number of rotatable bonds is 10. The summed E-state index contributed by atoms with van der Waals surface area (Å²) < 4.78 is 32.9. The normalized spacial score (nSPS) is 18.5. The fourth-order valence-corrected chi connectivity index (χ4v) is 4.50. The lowest BCUT2D eigenvalue weighted by Crippen LogP contribution is -2.51. The number of hydrogen-bond acceptors (Lipinski definition) is 4. The van der Waals surface area contributed by atoms with Crippen LogP contribution in [0.3, 0.4) is 0 Å². The Hall–Kier alpha value is -2.60. The van der Waals surface area contributed by atoms with E-state index in [4.69, 9.17) is 25.8 Å². The van der Waals surface area contributed by atoms with Gasteiger partial charge in [-0.25, -0.2) is 4.39 Å². The second-order valence-electron chi connectivity index (χ2n) is 9.41. The molecular formula is C29H33ClFNO3. The van der Waals surface area contributed by atoms with Gasteiger partial charge in [0.1, 0.15) is 29.4 Å². The van der Waals surface area contributed by atoms with Gasteiger partial charge in [0.2, 0.25) is 0 Å². The van der Waals surface area contributed by atoms with Crippen LogP contribution in [0.4, 0.5) is 10.1 Å².